The molecule has 8 atom stereocenters. The quantitative estimate of drug-likeness (QED) is 0.292. The molecule has 4 aliphatic carbocycles. The molecule has 0 aromatic carbocycles. The van der Waals surface area contributed by atoms with E-state index in [-0.39, 0.29) is 18.9 Å². The molecule has 0 spiro atoms. The summed E-state index contributed by atoms with van der Waals surface area (Å²) in [5.74, 6) is 2.21. The molecule has 4 aliphatic rings. The topological polar surface area (TPSA) is 139 Å². The van der Waals surface area contributed by atoms with Gasteiger partial charge < -0.3 is 20.1 Å². The highest BCUT2D eigenvalue weighted by atomic mass is 16.7. The number of ketones is 1. The van der Waals surface area contributed by atoms with Crippen molar-refractivity contribution >= 4 is 11.8 Å². The Kier molecular flexibility index (Phi) is 4.50. The molecule has 0 aliphatic heterocycles. The van der Waals surface area contributed by atoms with E-state index < -0.39 is 57.8 Å². The predicted octanol–water partition coefficient (Wildman–Crippen LogP) is 0.399. The van der Waals surface area contributed by atoms with Crippen molar-refractivity contribution in [2.75, 3.05) is 6.61 Å². The van der Waals surface area contributed by atoms with Gasteiger partial charge in [0.1, 0.15) is 17.3 Å². The maximum absolute atomic E-state index is 12.9. The number of carbonyl (C=O) groups is 2. The van der Waals surface area contributed by atoms with Crippen LogP contribution in [0, 0.1) is 29.1 Å². The number of fused-ring (bicyclic) bond motifs is 5. The fraction of sp³-hybridized carbons (Fsp3) is 0.727. The van der Waals surface area contributed by atoms with E-state index in [9.17, 15) is 24.9 Å². The third kappa shape index (κ3) is 2.23. The summed E-state index contributed by atoms with van der Waals surface area (Å²) in [4.78, 5) is 30.4. The van der Waals surface area contributed by atoms with Gasteiger partial charge in [-0.2, -0.15) is 0 Å². The van der Waals surface area contributed by atoms with E-state index >= 15 is 0 Å². The summed E-state index contributed by atoms with van der Waals surface area (Å²) in [6, 6.07) is 0. The van der Waals surface area contributed by atoms with Crippen molar-refractivity contribution in [1.29, 1.82) is 0 Å². The van der Waals surface area contributed by atoms with Gasteiger partial charge in [0, 0.05) is 42.4 Å². The summed E-state index contributed by atoms with van der Waals surface area (Å²) >= 11 is 0. The van der Waals surface area contributed by atoms with E-state index in [0.29, 0.717) is 11.1 Å². The Balaban J connectivity index is 1.97. The summed E-state index contributed by atoms with van der Waals surface area (Å²) < 4.78 is 5.67. The normalized spacial score (nSPS) is 48.6. The maximum Gasteiger partial charge on any atom is 0.303 e. The van der Waals surface area contributed by atoms with Gasteiger partial charge in [0.25, 0.3) is 0 Å². The second-order valence-corrected chi connectivity index (χ2v) is 10.1. The van der Waals surface area contributed by atoms with Gasteiger partial charge in [-0.05, 0) is 18.1 Å². The zero-order valence-corrected chi connectivity index (χ0v) is 18.0. The highest BCUT2D eigenvalue weighted by Crippen LogP contribution is 2.76. The average molecular weight is 421 g/mol. The number of rotatable bonds is 3. The van der Waals surface area contributed by atoms with E-state index in [2.05, 4.69) is 0 Å². The Morgan fingerprint density at radius 1 is 1.30 bits per heavy atom. The van der Waals surface area contributed by atoms with Gasteiger partial charge in [-0.3, -0.25) is 14.4 Å². The lowest BCUT2D eigenvalue weighted by Crippen LogP contribution is -2.66. The Hall–Kier alpha value is -1.58. The number of nitrogens with two attached hydrogens (primary N) is 1. The number of carbonyl (C=O) groups excluding carboxylic acids is 2. The monoisotopic (exact) mass is 421 g/mol. The molecule has 0 heterocycles. The first kappa shape index (κ1) is 21.6. The zero-order valence-electron chi connectivity index (χ0n) is 18.0. The summed E-state index contributed by atoms with van der Waals surface area (Å²) in [5, 5.41) is 33.7. The molecule has 2 fully saturated rings. The van der Waals surface area contributed by atoms with Gasteiger partial charge >= 0.3 is 5.97 Å². The minimum atomic E-state index is -1.88. The molecule has 30 heavy (non-hydrogen) atoms. The van der Waals surface area contributed by atoms with Crippen LogP contribution >= 0.6 is 0 Å². The number of aliphatic hydroxyl groups excluding tert-OH is 1. The highest BCUT2D eigenvalue weighted by molar-refractivity contribution is 6.04. The molecule has 2 saturated carbocycles. The first-order chi connectivity index (χ1) is 13.8. The lowest BCUT2D eigenvalue weighted by Gasteiger charge is -2.52. The number of ether oxygens (including phenoxy) is 1. The van der Waals surface area contributed by atoms with Crippen molar-refractivity contribution in [2.24, 2.45) is 35.0 Å². The molecular weight excluding hydrogens is 390 g/mol. The number of esters is 1. The smallest absolute Gasteiger partial charge is 0.303 e. The minimum Gasteiger partial charge on any atom is -0.459 e. The van der Waals surface area contributed by atoms with Gasteiger partial charge in [-0.25, -0.2) is 5.90 Å². The fourth-order valence-corrected chi connectivity index (χ4v) is 7.04. The number of Topliss-reactive ketones (excluding diaryl/α,β-unsaturated/α-hetero) is 1. The van der Waals surface area contributed by atoms with Gasteiger partial charge in [0.2, 0.25) is 0 Å². The summed E-state index contributed by atoms with van der Waals surface area (Å²) in [5.41, 5.74) is -4.25. The lowest BCUT2D eigenvalue weighted by molar-refractivity contribution is -0.229. The molecule has 0 aromatic heterocycles. The molecule has 8 nitrogen and oxygen atoms in total. The van der Waals surface area contributed by atoms with Crippen molar-refractivity contribution in [3.8, 4) is 0 Å². The van der Waals surface area contributed by atoms with Gasteiger partial charge in [-0.1, -0.05) is 32.9 Å². The van der Waals surface area contributed by atoms with Crippen LogP contribution in [0.2, 0.25) is 0 Å². The van der Waals surface area contributed by atoms with E-state index in [1.807, 2.05) is 13.8 Å². The van der Waals surface area contributed by atoms with Crippen LogP contribution in [0.15, 0.2) is 23.3 Å². The van der Waals surface area contributed by atoms with Crippen LogP contribution in [0.25, 0.3) is 0 Å². The summed E-state index contributed by atoms with van der Waals surface area (Å²) in [6.07, 6.45) is 2.43. The summed E-state index contributed by atoms with van der Waals surface area (Å²) in [6.45, 7) is 8.15. The van der Waals surface area contributed by atoms with E-state index in [4.69, 9.17) is 15.5 Å². The molecule has 166 valence electrons. The second-order valence-electron chi connectivity index (χ2n) is 10.1. The molecule has 0 bridgehead atoms. The molecule has 4 rings (SSSR count). The lowest BCUT2D eigenvalue weighted by atomic mass is 9.59. The molecule has 8 heteroatoms. The molecule has 0 amide bonds. The van der Waals surface area contributed by atoms with Crippen LogP contribution in [0.3, 0.4) is 0 Å². The largest absolute Gasteiger partial charge is 0.459 e. The van der Waals surface area contributed by atoms with Crippen molar-refractivity contribution in [2.45, 2.75) is 63.9 Å². The van der Waals surface area contributed by atoms with Crippen LogP contribution < -0.4 is 5.90 Å². The SMILES string of the molecule is CC(=O)O[C@@H]1[C@@H](C)[C@@]2(O)[C@@H](C=C(CO)C[C@]3(O)C(=O)C(C)=C[C@@H]23)[C@H]2C(C)(C)[C@]12ON. The number of hydrogen-bond donors (Lipinski definition) is 4. The fourth-order valence-electron chi connectivity index (χ4n) is 7.04. The molecule has 0 unspecified atom stereocenters. The third-order valence-corrected chi connectivity index (χ3v) is 8.45. The predicted molar refractivity (Wildman–Crippen MR) is 105 cm³/mol. The molecule has 0 aromatic rings. The van der Waals surface area contributed by atoms with E-state index in [1.54, 1.807) is 26.0 Å². The van der Waals surface area contributed by atoms with Gasteiger partial charge in [0.05, 0.1) is 12.2 Å². The highest BCUT2D eigenvalue weighted by Gasteiger charge is 2.86. The van der Waals surface area contributed by atoms with Crippen molar-refractivity contribution < 1.29 is 34.5 Å². The van der Waals surface area contributed by atoms with Crippen LogP contribution in [-0.2, 0) is 19.2 Å². The third-order valence-electron chi connectivity index (χ3n) is 8.45. The molecule has 5 N–H and O–H groups in total. The first-order valence-corrected chi connectivity index (χ1v) is 10.4. The average Bonchev–Trinajstić information content (AvgIpc) is 3.12. The molecule has 0 saturated heterocycles. The van der Waals surface area contributed by atoms with Crippen LogP contribution in [-0.4, -0.2) is 56.6 Å². The number of hydrogen-bond acceptors (Lipinski definition) is 8. The second kappa shape index (κ2) is 6.23. The maximum atomic E-state index is 12.9. The first-order valence-electron chi connectivity index (χ1n) is 10.4. The Labute approximate surface area is 175 Å². The minimum absolute atomic E-state index is 0.0752. The van der Waals surface area contributed by atoms with Crippen LogP contribution in [0.1, 0.15) is 41.0 Å². The number of aliphatic hydroxyl groups is 3. The summed E-state index contributed by atoms with van der Waals surface area (Å²) in [7, 11) is 0. The van der Waals surface area contributed by atoms with Crippen molar-refractivity contribution in [3.63, 3.8) is 0 Å². The van der Waals surface area contributed by atoms with Crippen molar-refractivity contribution in [1.82, 2.24) is 0 Å². The van der Waals surface area contributed by atoms with Crippen molar-refractivity contribution in [3.05, 3.63) is 23.3 Å². The van der Waals surface area contributed by atoms with Crippen LogP contribution in [0.4, 0.5) is 0 Å². The van der Waals surface area contributed by atoms with Crippen LogP contribution in [0.5, 0.6) is 0 Å². The van der Waals surface area contributed by atoms with E-state index in [1.165, 1.54) is 6.92 Å². The Bertz CT molecular complexity index is 879. The Morgan fingerprint density at radius 3 is 2.47 bits per heavy atom. The van der Waals surface area contributed by atoms with Gasteiger partial charge in [0.15, 0.2) is 5.78 Å². The Morgan fingerprint density at radius 2 is 1.93 bits per heavy atom. The van der Waals surface area contributed by atoms with Gasteiger partial charge in [-0.15, -0.1) is 0 Å². The molecular formula is C22H31NO7. The van der Waals surface area contributed by atoms with E-state index in [0.717, 1.165) is 0 Å². The molecule has 0 radical (unpaired) electrons. The zero-order chi connectivity index (χ0) is 22.4. The standard InChI is InChI=1S/C22H31NO7/c1-10-6-15-20(27,17(10)26)8-13(9-24)7-14-16-19(4,5)22(16,30-23)18(29-12(3)25)11(2)21(14,15)28/h6-7,11,14-16,18,24,27-28H,8-9,23H2,1-5H3/t11-,14+,15-,16+,18-,20-,21-,22-/m1/s1.